The summed E-state index contributed by atoms with van der Waals surface area (Å²) in [6.45, 7) is 2.05. The first-order valence-corrected chi connectivity index (χ1v) is 7.18. The lowest BCUT2D eigenvalue weighted by Gasteiger charge is -2.25. The van der Waals surface area contributed by atoms with Crippen molar-refractivity contribution in [3.05, 3.63) is 12.7 Å². The van der Waals surface area contributed by atoms with Gasteiger partial charge in [-0.05, 0) is 18.8 Å². The fraction of sp³-hybridized carbons (Fsp3) is 0.786. The summed E-state index contributed by atoms with van der Waals surface area (Å²) >= 11 is 0. The lowest BCUT2D eigenvalue weighted by Crippen LogP contribution is -2.24. The number of hydrogen-bond acceptors (Lipinski definition) is 3. The Morgan fingerprint density at radius 3 is 2.78 bits per heavy atom. The van der Waals surface area contributed by atoms with Gasteiger partial charge in [-0.2, -0.15) is 5.10 Å². The normalized spacial score (nSPS) is 18.7. The number of Topliss-reactive ketones (excluding diaryl/α,β-unsaturated/α-hetero) is 1. The van der Waals surface area contributed by atoms with Crippen LogP contribution in [0.1, 0.15) is 64.3 Å². The zero-order chi connectivity index (χ0) is 12.8. The molecule has 1 heterocycles. The third-order valence-corrected chi connectivity index (χ3v) is 3.91. The quantitative estimate of drug-likeness (QED) is 0.778. The van der Waals surface area contributed by atoms with Crippen molar-refractivity contribution in [3.63, 3.8) is 0 Å². The summed E-state index contributed by atoms with van der Waals surface area (Å²) in [4.78, 5) is 16.2. The van der Waals surface area contributed by atoms with Crippen LogP contribution in [0.3, 0.4) is 0 Å². The van der Waals surface area contributed by atoms with Gasteiger partial charge in [-0.15, -0.1) is 0 Å². The van der Waals surface area contributed by atoms with Gasteiger partial charge in [0.1, 0.15) is 18.7 Å². The third kappa shape index (κ3) is 3.40. The predicted octanol–water partition coefficient (Wildman–Crippen LogP) is 3.16. The molecule has 1 saturated carbocycles. The Hall–Kier alpha value is -1.19. The largest absolute Gasteiger partial charge is 0.297 e. The maximum absolute atomic E-state index is 12.2. The van der Waals surface area contributed by atoms with Gasteiger partial charge in [-0.3, -0.25) is 4.79 Å². The van der Waals surface area contributed by atoms with Crippen LogP contribution in [0, 0.1) is 5.92 Å². The monoisotopic (exact) mass is 249 g/mol. The minimum absolute atomic E-state index is 0.0875. The van der Waals surface area contributed by atoms with E-state index in [1.165, 1.54) is 38.4 Å². The van der Waals surface area contributed by atoms with Crippen molar-refractivity contribution in [2.45, 2.75) is 64.3 Å². The van der Waals surface area contributed by atoms with Crippen molar-refractivity contribution in [1.82, 2.24) is 14.8 Å². The van der Waals surface area contributed by atoms with Crippen molar-refractivity contribution in [2.24, 2.45) is 5.92 Å². The summed E-state index contributed by atoms with van der Waals surface area (Å²) in [6.07, 6.45) is 12.2. The molecule has 0 amide bonds. The first kappa shape index (κ1) is 13.2. The molecule has 4 nitrogen and oxygen atoms in total. The Balaban J connectivity index is 2.02. The molecule has 0 bridgehead atoms. The van der Waals surface area contributed by atoms with Gasteiger partial charge in [0.2, 0.25) is 0 Å². The van der Waals surface area contributed by atoms with Gasteiger partial charge in [-0.25, -0.2) is 9.67 Å². The molecule has 1 aliphatic rings. The van der Waals surface area contributed by atoms with Crippen molar-refractivity contribution in [3.8, 4) is 0 Å². The number of carbonyl (C=O) groups is 1. The molecule has 0 aliphatic heterocycles. The molecule has 1 aromatic rings. The van der Waals surface area contributed by atoms with Gasteiger partial charge in [-0.1, -0.05) is 39.0 Å². The van der Waals surface area contributed by atoms with Crippen molar-refractivity contribution < 1.29 is 4.79 Å². The summed E-state index contributed by atoms with van der Waals surface area (Å²) < 4.78 is 1.76. The minimum atomic E-state index is -0.0875. The Kier molecular flexibility index (Phi) is 4.90. The van der Waals surface area contributed by atoms with Crippen molar-refractivity contribution in [2.75, 3.05) is 0 Å². The van der Waals surface area contributed by atoms with Crippen LogP contribution >= 0.6 is 0 Å². The number of carbonyl (C=O) groups excluding carboxylic acids is 1. The molecule has 0 spiro atoms. The average molecular weight is 249 g/mol. The lowest BCUT2D eigenvalue weighted by atomic mass is 9.83. The molecule has 100 valence electrons. The predicted molar refractivity (Wildman–Crippen MR) is 70.2 cm³/mol. The van der Waals surface area contributed by atoms with E-state index < -0.39 is 0 Å². The smallest absolute Gasteiger partial charge is 0.157 e. The highest BCUT2D eigenvalue weighted by molar-refractivity contribution is 5.82. The van der Waals surface area contributed by atoms with Crippen molar-refractivity contribution >= 4 is 5.78 Å². The Bertz CT molecular complexity index is 355. The van der Waals surface area contributed by atoms with Crippen LogP contribution in [0.15, 0.2) is 12.7 Å². The maximum Gasteiger partial charge on any atom is 0.157 e. The van der Waals surface area contributed by atoms with Crippen LogP contribution in [-0.4, -0.2) is 20.5 Å². The molecule has 1 aliphatic carbocycles. The van der Waals surface area contributed by atoms with Gasteiger partial charge in [0.15, 0.2) is 5.78 Å². The fourth-order valence-electron chi connectivity index (χ4n) is 2.92. The Morgan fingerprint density at radius 2 is 2.17 bits per heavy atom. The van der Waals surface area contributed by atoms with Crippen LogP contribution in [0.4, 0.5) is 0 Å². The molecular formula is C14H23N3O. The standard InChI is InChI=1S/C14H23N3O/c1-2-6-14(18)13(17-11-15-10-16-17)9-12-7-4-3-5-8-12/h10-13H,2-9H2,1H3. The minimum Gasteiger partial charge on any atom is -0.297 e. The van der Waals surface area contributed by atoms with E-state index in [1.54, 1.807) is 11.0 Å². The SMILES string of the molecule is CCCC(=O)C(CC1CCCCC1)n1cncn1. The molecule has 2 rings (SSSR count). The van der Waals surface area contributed by atoms with E-state index in [0.717, 1.165) is 12.8 Å². The highest BCUT2D eigenvalue weighted by Gasteiger charge is 2.25. The molecule has 0 radical (unpaired) electrons. The first-order valence-electron chi connectivity index (χ1n) is 7.18. The summed E-state index contributed by atoms with van der Waals surface area (Å²) in [6, 6.07) is -0.0875. The van der Waals surface area contributed by atoms with Crippen LogP contribution in [0.25, 0.3) is 0 Å². The lowest BCUT2D eigenvalue weighted by molar-refractivity contribution is -0.123. The van der Waals surface area contributed by atoms with Gasteiger partial charge >= 0.3 is 0 Å². The molecule has 18 heavy (non-hydrogen) atoms. The Labute approximate surface area is 109 Å². The van der Waals surface area contributed by atoms with E-state index in [2.05, 4.69) is 17.0 Å². The van der Waals surface area contributed by atoms with E-state index >= 15 is 0 Å². The van der Waals surface area contributed by atoms with E-state index in [-0.39, 0.29) is 6.04 Å². The summed E-state index contributed by atoms with van der Waals surface area (Å²) in [5, 5.41) is 4.17. The van der Waals surface area contributed by atoms with E-state index in [0.29, 0.717) is 18.1 Å². The highest BCUT2D eigenvalue weighted by Crippen LogP contribution is 2.31. The maximum atomic E-state index is 12.2. The second kappa shape index (κ2) is 6.66. The average Bonchev–Trinajstić information content (AvgIpc) is 2.91. The number of rotatable bonds is 6. The van der Waals surface area contributed by atoms with Crippen LogP contribution in [-0.2, 0) is 4.79 Å². The van der Waals surface area contributed by atoms with Crippen LogP contribution in [0.2, 0.25) is 0 Å². The molecular weight excluding hydrogens is 226 g/mol. The zero-order valence-electron chi connectivity index (χ0n) is 11.2. The van der Waals surface area contributed by atoms with Crippen LogP contribution < -0.4 is 0 Å². The Morgan fingerprint density at radius 1 is 1.39 bits per heavy atom. The van der Waals surface area contributed by atoms with E-state index in [1.807, 2.05) is 0 Å². The van der Waals surface area contributed by atoms with Gasteiger partial charge < -0.3 is 0 Å². The molecule has 0 saturated heterocycles. The second-order valence-electron chi connectivity index (χ2n) is 5.35. The second-order valence-corrected chi connectivity index (χ2v) is 5.35. The number of hydrogen-bond donors (Lipinski definition) is 0. The number of nitrogens with zero attached hydrogens (tertiary/aromatic N) is 3. The van der Waals surface area contributed by atoms with E-state index in [4.69, 9.17) is 0 Å². The molecule has 0 aromatic carbocycles. The molecule has 1 aromatic heterocycles. The molecule has 1 fully saturated rings. The summed E-state index contributed by atoms with van der Waals surface area (Å²) in [7, 11) is 0. The van der Waals surface area contributed by atoms with Crippen molar-refractivity contribution in [1.29, 1.82) is 0 Å². The molecule has 4 heteroatoms. The van der Waals surface area contributed by atoms with Gasteiger partial charge in [0.25, 0.3) is 0 Å². The highest BCUT2D eigenvalue weighted by atomic mass is 16.1. The topological polar surface area (TPSA) is 47.8 Å². The molecule has 0 N–H and O–H groups in total. The third-order valence-electron chi connectivity index (χ3n) is 3.91. The van der Waals surface area contributed by atoms with Crippen LogP contribution in [0.5, 0.6) is 0 Å². The number of ketones is 1. The zero-order valence-corrected chi connectivity index (χ0v) is 11.2. The molecule has 1 unspecified atom stereocenters. The summed E-state index contributed by atoms with van der Waals surface area (Å²) in [5.74, 6) is 1.00. The summed E-state index contributed by atoms with van der Waals surface area (Å²) in [5.41, 5.74) is 0. The van der Waals surface area contributed by atoms with Gasteiger partial charge in [0.05, 0.1) is 0 Å². The first-order chi connectivity index (χ1) is 8.81. The number of aromatic nitrogens is 3. The molecule has 1 atom stereocenters. The fourth-order valence-corrected chi connectivity index (χ4v) is 2.92. The van der Waals surface area contributed by atoms with E-state index in [9.17, 15) is 4.79 Å². The van der Waals surface area contributed by atoms with Gasteiger partial charge in [0, 0.05) is 6.42 Å².